The van der Waals surface area contributed by atoms with Gasteiger partial charge in [0.1, 0.15) is 5.82 Å². The first-order chi connectivity index (χ1) is 12.6. The van der Waals surface area contributed by atoms with Gasteiger partial charge in [0.2, 0.25) is 5.91 Å². The lowest BCUT2D eigenvalue weighted by atomic mass is 10.1. The van der Waals surface area contributed by atoms with Gasteiger partial charge in [-0.2, -0.15) is 0 Å². The van der Waals surface area contributed by atoms with Crippen molar-refractivity contribution in [2.45, 2.75) is 19.8 Å². The lowest BCUT2D eigenvalue weighted by Gasteiger charge is -2.10. The number of anilines is 3. The van der Waals surface area contributed by atoms with E-state index in [0.29, 0.717) is 11.6 Å². The summed E-state index contributed by atoms with van der Waals surface area (Å²) in [7, 11) is 0. The fraction of sp³-hybridized carbons (Fsp3) is 0.150. The molecule has 0 bridgehead atoms. The van der Waals surface area contributed by atoms with Crippen LogP contribution in [-0.2, 0) is 17.6 Å². The topological polar surface area (TPSA) is 66.9 Å². The van der Waals surface area contributed by atoms with Gasteiger partial charge < -0.3 is 10.6 Å². The van der Waals surface area contributed by atoms with Crippen LogP contribution in [0.1, 0.15) is 18.1 Å². The molecule has 0 aliphatic carbocycles. The molecule has 0 unspecified atom stereocenters. The number of hydrogen-bond acceptors (Lipinski definition) is 4. The molecule has 2 N–H and O–H groups in total. The zero-order valence-corrected chi connectivity index (χ0v) is 14.4. The van der Waals surface area contributed by atoms with E-state index in [2.05, 4.69) is 33.8 Å². The van der Waals surface area contributed by atoms with Gasteiger partial charge in [0, 0.05) is 5.69 Å². The van der Waals surface area contributed by atoms with Crippen LogP contribution in [0.4, 0.5) is 21.7 Å². The smallest absolute Gasteiger partial charge is 0.229 e. The highest BCUT2D eigenvalue weighted by Crippen LogP contribution is 2.20. The van der Waals surface area contributed by atoms with Crippen molar-refractivity contribution in [1.29, 1.82) is 0 Å². The highest BCUT2D eigenvalue weighted by atomic mass is 19.1. The fourth-order valence-corrected chi connectivity index (χ4v) is 2.53. The SMILES string of the molecule is CCc1ccccc1Nc1ccc(NC(=O)Cc2ccc(F)cc2)nn1. The molecule has 2 aromatic carbocycles. The van der Waals surface area contributed by atoms with Crippen molar-refractivity contribution in [3.63, 3.8) is 0 Å². The van der Waals surface area contributed by atoms with Gasteiger partial charge in [-0.15, -0.1) is 10.2 Å². The molecule has 1 amide bonds. The van der Waals surface area contributed by atoms with Crippen molar-refractivity contribution in [3.05, 3.63) is 77.6 Å². The Hall–Kier alpha value is -3.28. The Morgan fingerprint density at radius 1 is 0.962 bits per heavy atom. The minimum atomic E-state index is -0.326. The Bertz CT molecular complexity index is 879. The molecule has 3 rings (SSSR count). The van der Waals surface area contributed by atoms with Crippen molar-refractivity contribution < 1.29 is 9.18 Å². The number of benzene rings is 2. The van der Waals surface area contributed by atoms with E-state index in [4.69, 9.17) is 0 Å². The number of halogens is 1. The average Bonchev–Trinajstić information content (AvgIpc) is 2.65. The molecular formula is C20H19FN4O. The molecule has 6 heteroatoms. The molecule has 0 aliphatic heterocycles. The van der Waals surface area contributed by atoms with Gasteiger partial charge >= 0.3 is 0 Å². The third kappa shape index (κ3) is 4.63. The van der Waals surface area contributed by atoms with E-state index in [0.717, 1.165) is 17.7 Å². The summed E-state index contributed by atoms with van der Waals surface area (Å²) < 4.78 is 12.9. The van der Waals surface area contributed by atoms with E-state index in [1.807, 2.05) is 18.2 Å². The first-order valence-corrected chi connectivity index (χ1v) is 8.37. The molecule has 3 aromatic rings. The first-order valence-electron chi connectivity index (χ1n) is 8.37. The van der Waals surface area contributed by atoms with Crippen molar-refractivity contribution in [1.82, 2.24) is 10.2 Å². The van der Waals surface area contributed by atoms with Gasteiger partial charge in [-0.3, -0.25) is 4.79 Å². The molecule has 0 radical (unpaired) electrons. The van der Waals surface area contributed by atoms with Crippen molar-refractivity contribution in [2.75, 3.05) is 10.6 Å². The molecule has 132 valence electrons. The van der Waals surface area contributed by atoms with Gasteiger partial charge in [-0.05, 0) is 47.9 Å². The van der Waals surface area contributed by atoms with Crippen LogP contribution in [0.2, 0.25) is 0 Å². The van der Waals surface area contributed by atoms with E-state index in [1.54, 1.807) is 24.3 Å². The van der Waals surface area contributed by atoms with Crippen molar-refractivity contribution >= 4 is 23.2 Å². The molecular weight excluding hydrogens is 331 g/mol. The van der Waals surface area contributed by atoms with Gasteiger partial charge in [0.25, 0.3) is 0 Å². The van der Waals surface area contributed by atoms with Crippen LogP contribution < -0.4 is 10.6 Å². The number of hydrogen-bond donors (Lipinski definition) is 2. The molecule has 1 heterocycles. The number of aromatic nitrogens is 2. The van der Waals surface area contributed by atoms with Gasteiger partial charge in [-0.25, -0.2) is 4.39 Å². The number of nitrogens with zero attached hydrogens (tertiary/aromatic N) is 2. The average molecular weight is 350 g/mol. The Morgan fingerprint density at radius 3 is 2.35 bits per heavy atom. The second-order valence-corrected chi connectivity index (χ2v) is 5.79. The first kappa shape index (κ1) is 17.5. The number of para-hydroxylation sites is 1. The van der Waals surface area contributed by atoms with E-state index < -0.39 is 0 Å². The minimum Gasteiger partial charge on any atom is -0.339 e. The second kappa shape index (κ2) is 8.20. The van der Waals surface area contributed by atoms with Crippen molar-refractivity contribution in [3.8, 4) is 0 Å². The van der Waals surface area contributed by atoms with Crippen LogP contribution in [0.15, 0.2) is 60.7 Å². The van der Waals surface area contributed by atoms with Crippen LogP contribution in [0.5, 0.6) is 0 Å². The summed E-state index contributed by atoms with van der Waals surface area (Å²) in [6, 6.07) is 17.3. The number of nitrogens with one attached hydrogen (secondary N) is 2. The molecule has 26 heavy (non-hydrogen) atoms. The number of amides is 1. The molecule has 0 spiro atoms. The number of rotatable bonds is 6. The number of carbonyl (C=O) groups is 1. The summed E-state index contributed by atoms with van der Waals surface area (Å²) in [5.74, 6) is 0.407. The van der Waals surface area contributed by atoms with Crippen LogP contribution >= 0.6 is 0 Å². The van der Waals surface area contributed by atoms with Crippen molar-refractivity contribution in [2.24, 2.45) is 0 Å². The zero-order valence-electron chi connectivity index (χ0n) is 14.4. The fourth-order valence-electron chi connectivity index (χ4n) is 2.53. The quantitative estimate of drug-likeness (QED) is 0.702. The highest BCUT2D eigenvalue weighted by molar-refractivity contribution is 5.91. The second-order valence-electron chi connectivity index (χ2n) is 5.79. The highest BCUT2D eigenvalue weighted by Gasteiger charge is 2.07. The molecule has 0 saturated heterocycles. The summed E-state index contributed by atoms with van der Waals surface area (Å²) in [5, 5.41) is 14.0. The Morgan fingerprint density at radius 2 is 1.65 bits per heavy atom. The monoisotopic (exact) mass is 350 g/mol. The van der Waals surface area contributed by atoms with Crippen LogP contribution in [-0.4, -0.2) is 16.1 Å². The largest absolute Gasteiger partial charge is 0.339 e. The third-order valence-corrected chi connectivity index (χ3v) is 3.87. The Balaban J connectivity index is 1.60. The molecule has 1 aromatic heterocycles. The van der Waals surface area contributed by atoms with E-state index in [1.165, 1.54) is 17.7 Å². The van der Waals surface area contributed by atoms with Gasteiger partial charge in [0.15, 0.2) is 11.6 Å². The minimum absolute atomic E-state index is 0.145. The van der Waals surface area contributed by atoms with E-state index in [9.17, 15) is 9.18 Å². The lowest BCUT2D eigenvalue weighted by Crippen LogP contribution is -2.15. The Labute approximate surface area is 151 Å². The van der Waals surface area contributed by atoms with Gasteiger partial charge in [0.05, 0.1) is 6.42 Å². The summed E-state index contributed by atoms with van der Waals surface area (Å²) in [4.78, 5) is 12.0. The lowest BCUT2D eigenvalue weighted by molar-refractivity contribution is -0.115. The maximum absolute atomic E-state index is 12.9. The van der Waals surface area contributed by atoms with E-state index in [-0.39, 0.29) is 18.1 Å². The van der Waals surface area contributed by atoms with Crippen LogP contribution in [0.25, 0.3) is 0 Å². The maximum atomic E-state index is 12.9. The standard InChI is InChI=1S/C20H19FN4O/c1-2-15-5-3-4-6-17(15)22-18-11-12-19(25-24-18)23-20(26)13-14-7-9-16(21)10-8-14/h3-12H,2,13H2,1H3,(H,22,24)(H,23,25,26). The number of aryl methyl sites for hydroxylation is 1. The van der Waals surface area contributed by atoms with Crippen LogP contribution in [0, 0.1) is 5.82 Å². The van der Waals surface area contributed by atoms with Gasteiger partial charge in [-0.1, -0.05) is 37.3 Å². The third-order valence-electron chi connectivity index (χ3n) is 3.87. The predicted molar refractivity (Wildman–Crippen MR) is 99.9 cm³/mol. The molecule has 0 fully saturated rings. The Kier molecular flexibility index (Phi) is 5.53. The molecule has 0 saturated carbocycles. The predicted octanol–water partition coefficient (Wildman–Crippen LogP) is 4.10. The normalized spacial score (nSPS) is 10.4. The van der Waals surface area contributed by atoms with Crippen LogP contribution in [0.3, 0.4) is 0 Å². The zero-order chi connectivity index (χ0) is 18.4. The maximum Gasteiger partial charge on any atom is 0.229 e. The molecule has 0 aliphatic rings. The molecule has 0 atom stereocenters. The summed E-state index contributed by atoms with van der Waals surface area (Å²) in [6.07, 6.45) is 1.06. The summed E-state index contributed by atoms with van der Waals surface area (Å²) >= 11 is 0. The van der Waals surface area contributed by atoms with E-state index >= 15 is 0 Å². The summed E-state index contributed by atoms with van der Waals surface area (Å²) in [5.41, 5.74) is 2.90. The molecule has 5 nitrogen and oxygen atoms in total. The number of carbonyl (C=O) groups excluding carboxylic acids is 1. The summed E-state index contributed by atoms with van der Waals surface area (Å²) in [6.45, 7) is 2.09.